The number of aryl methyl sites for hydroxylation is 1. The Balaban J connectivity index is 1.80. The van der Waals surface area contributed by atoms with E-state index in [9.17, 15) is 0 Å². The van der Waals surface area contributed by atoms with E-state index < -0.39 is 0 Å². The smallest absolute Gasteiger partial charge is 0.138 e. The minimum Gasteiger partial charge on any atom is -0.492 e. The maximum absolute atomic E-state index is 6.25. The van der Waals surface area contributed by atoms with E-state index in [2.05, 4.69) is 50.4 Å². The van der Waals surface area contributed by atoms with Crippen molar-refractivity contribution in [1.29, 1.82) is 0 Å². The molecule has 6 heteroatoms. The first-order valence-corrected chi connectivity index (χ1v) is 10.8. The van der Waals surface area contributed by atoms with E-state index in [0.717, 1.165) is 35.8 Å². The molecule has 1 aromatic carbocycles. The highest BCUT2D eigenvalue weighted by Gasteiger charge is 2.19. The van der Waals surface area contributed by atoms with Crippen molar-refractivity contribution in [3.63, 3.8) is 0 Å². The highest BCUT2D eigenvalue weighted by atomic mass is 31.0. The van der Waals surface area contributed by atoms with Crippen LogP contribution in [0.3, 0.4) is 0 Å². The molecule has 0 fully saturated rings. The van der Waals surface area contributed by atoms with Crippen molar-refractivity contribution in [2.45, 2.75) is 32.4 Å². The van der Waals surface area contributed by atoms with Gasteiger partial charge in [0.1, 0.15) is 11.5 Å². The van der Waals surface area contributed by atoms with Crippen molar-refractivity contribution in [2.75, 3.05) is 12.8 Å². The molecule has 2 unspecified atom stereocenters. The third-order valence-electron chi connectivity index (χ3n) is 4.84. The van der Waals surface area contributed by atoms with Gasteiger partial charge < -0.3 is 15.8 Å². The molecule has 3 N–H and O–H groups in total. The number of aliphatic imine (C=N–C) groups is 1. The molecule has 1 aliphatic rings. The summed E-state index contributed by atoms with van der Waals surface area (Å²) in [6.07, 6.45) is 10.6. The molecule has 2 atom stereocenters. The predicted octanol–water partition coefficient (Wildman–Crippen LogP) is 3.86. The van der Waals surface area contributed by atoms with Crippen molar-refractivity contribution in [3.8, 4) is 0 Å². The maximum atomic E-state index is 6.25. The van der Waals surface area contributed by atoms with Crippen LogP contribution in [0, 0.1) is 0 Å². The summed E-state index contributed by atoms with van der Waals surface area (Å²) >= 11 is 0. The largest absolute Gasteiger partial charge is 0.492 e. The molecule has 152 valence electrons. The van der Waals surface area contributed by atoms with E-state index in [-0.39, 0.29) is 6.04 Å². The van der Waals surface area contributed by atoms with Gasteiger partial charge in [0.2, 0.25) is 0 Å². The fraction of sp³-hybridized carbons (Fsp3) is 0.304. The van der Waals surface area contributed by atoms with Gasteiger partial charge in [0.05, 0.1) is 12.6 Å². The van der Waals surface area contributed by atoms with Crippen LogP contribution < -0.4 is 11.1 Å². The van der Waals surface area contributed by atoms with E-state index in [1.54, 1.807) is 6.20 Å². The van der Waals surface area contributed by atoms with E-state index in [1.165, 1.54) is 10.8 Å². The zero-order valence-electron chi connectivity index (χ0n) is 16.9. The van der Waals surface area contributed by atoms with E-state index in [4.69, 9.17) is 15.5 Å². The van der Waals surface area contributed by atoms with Crippen molar-refractivity contribution in [3.05, 3.63) is 78.1 Å². The lowest BCUT2D eigenvalue weighted by atomic mass is 10.00. The minimum atomic E-state index is -0.253. The Morgan fingerprint density at radius 1 is 1.34 bits per heavy atom. The van der Waals surface area contributed by atoms with Gasteiger partial charge in [-0.2, -0.15) is 0 Å². The molecule has 0 spiro atoms. The molecule has 5 nitrogen and oxygen atoms in total. The number of pyridine rings is 1. The number of aromatic nitrogens is 1. The van der Waals surface area contributed by atoms with Gasteiger partial charge in [-0.15, -0.1) is 9.24 Å². The van der Waals surface area contributed by atoms with Crippen molar-refractivity contribution in [2.24, 2.45) is 10.7 Å². The van der Waals surface area contributed by atoms with Gasteiger partial charge in [-0.3, -0.25) is 9.98 Å². The first-order valence-electron chi connectivity index (χ1n) is 9.97. The Hall–Kier alpha value is -2.49. The number of hydrogen-bond donors (Lipinski definition) is 2. The van der Waals surface area contributed by atoms with Gasteiger partial charge >= 0.3 is 0 Å². The Morgan fingerprint density at radius 2 is 2.14 bits per heavy atom. The fourth-order valence-corrected chi connectivity index (χ4v) is 3.58. The molecule has 0 saturated carbocycles. The second-order valence-corrected chi connectivity index (χ2v) is 7.43. The third-order valence-corrected chi connectivity index (χ3v) is 5.25. The minimum absolute atomic E-state index is 0.253. The first-order chi connectivity index (χ1) is 14.2. The summed E-state index contributed by atoms with van der Waals surface area (Å²) in [5.74, 6) is 0.533. The van der Waals surface area contributed by atoms with Crippen LogP contribution >= 0.6 is 9.24 Å². The highest BCUT2D eigenvalue weighted by Crippen LogP contribution is 2.22. The summed E-state index contributed by atoms with van der Waals surface area (Å²) in [5, 5.41) is 5.84. The third kappa shape index (κ3) is 5.11. The van der Waals surface area contributed by atoms with Crippen molar-refractivity contribution < 1.29 is 4.74 Å². The fourth-order valence-electron chi connectivity index (χ4n) is 3.38. The van der Waals surface area contributed by atoms with E-state index >= 15 is 0 Å². The Kier molecular flexibility index (Phi) is 7.56. The average Bonchev–Trinajstić information content (AvgIpc) is 2.74. The van der Waals surface area contributed by atoms with Gasteiger partial charge in [-0.1, -0.05) is 30.8 Å². The predicted molar refractivity (Wildman–Crippen MR) is 125 cm³/mol. The van der Waals surface area contributed by atoms with Crippen LogP contribution in [-0.2, 0) is 17.7 Å². The van der Waals surface area contributed by atoms with Gasteiger partial charge in [0, 0.05) is 41.8 Å². The number of allylic oxidation sites excluding steroid dienone is 1. The standard InChI is InChI=1S/C23H29N4OP/c1-3-28-16(2)23-20(21(24)10-11-26-23)15-25-13-17-14-27-22(9-6-12-29)19-8-5-4-7-18(17)19/h4-5,7-8,10-11,14-15,21,25H,2-3,6,9,12-13,24,29H2,1H3/b20-15+. The van der Waals surface area contributed by atoms with Crippen LogP contribution in [-0.4, -0.2) is 29.5 Å². The molecule has 1 aliphatic heterocycles. The lowest BCUT2D eigenvalue weighted by molar-refractivity contribution is 0.251. The number of benzene rings is 1. The van der Waals surface area contributed by atoms with Gasteiger partial charge in [0.15, 0.2) is 0 Å². The zero-order valence-corrected chi connectivity index (χ0v) is 18.1. The number of fused-ring (bicyclic) bond motifs is 1. The van der Waals surface area contributed by atoms with E-state index in [0.29, 0.717) is 24.6 Å². The number of nitrogens with two attached hydrogens (primary N) is 1. The number of hydrogen-bond acceptors (Lipinski definition) is 5. The van der Waals surface area contributed by atoms with Crippen LogP contribution in [0.15, 0.2) is 71.8 Å². The lowest BCUT2D eigenvalue weighted by Gasteiger charge is -2.20. The molecule has 29 heavy (non-hydrogen) atoms. The first kappa shape index (κ1) is 21.2. The summed E-state index contributed by atoms with van der Waals surface area (Å²) in [5.41, 5.74) is 10.1. The van der Waals surface area contributed by atoms with Crippen LogP contribution in [0.4, 0.5) is 0 Å². The average molecular weight is 408 g/mol. The molecule has 0 saturated heterocycles. The molecule has 0 amide bonds. The number of nitrogens with zero attached hydrogens (tertiary/aromatic N) is 2. The summed E-state index contributed by atoms with van der Waals surface area (Å²) in [6.45, 7) is 7.08. The zero-order chi connectivity index (χ0) is 20.6. The van der Waals surface area contributed by atoms with E-state index in [1.807, 2.05) is 25.4 Å². The topological polar surface area (TPSA) is 72.5 Å². The van der Waals surface area contributed by atoms with Crippen molar-refractivity contribution >= 4 is 25.7 Å². The van der Waals surface area contributed by atoms with Crippen LogP contribution in [0.2, 0.25) is 0 Å². The molecule has 0 radical (unpaired) electrons. The van der Waals surface area contributed by atoms with Gasteiger partial charge in [-0.05, 0) is 43.0 Å². The molecular weight excluding hydrogens is 379 g/mol. The molecule has 3 rings (SSSR count). The maximum Gasteiger partial charge on any atom is 0.138 e. The Labute approximate surface area is 175 Å². The summed E-state index contributed by atoms with van der Waals surface area (Å²) < 4.78 is 5.53. The molecule has 0 bridgehead atoms. The van der Waals surface area contributed by atoms with Crippen LogP contribution in [0.1, 0.15) is 24.6 Å². The second kappa shape index (κ2) is 10.3. The molecule has 1 aromatic heterocycles. The van der Waals surface area contributed by atoms with Gasteiger partial charge in [-0.25, -0.2) is 0 Å². The number of rotatable bonds is 9. The monoisotopic (exact) mass is 408 g/mol. The lowest BCUT2D eigenvalue weighted by Crippen LogP contribution is -2.30. The molecule has 2 heterocycles. The van der Waals surface area contributed by atoms with Crippen LogP contribution in [0.25, 0.3) is 10.8 Å². The SMILES string of the molecule is C=C(OCC)C1=NC=CC(N)/C1=C\NCc1cnc(CCCP)c2ccccc12. The Morgan fingerprint density at radius 3 is 2.90 bits per heavy atom. The summed E-state index contributed by atoms with van der Waals surface area (Å²) in [4.78, 5) is 9.13. The molecule has 0 aliphatic carbocycles. The molecule has 2 aromatic rings. The summed E-state index contributed by atoms with van der Waals surface area (Å²) in [6, 6.07) is 8.20. The summed E-state index contributed by atoms with van der Waals surface area (Å²) in [7, 11) is 2.78. The number of ether oxygens (including phenoxy) is 1. The number of nitrogens with one attached hydrogen (secondary N) is 1. The quantitative estimate of drug-likeness (QED) is 0.488. The molecular formula is C23H29N4OP. The normalized spacial score (nSPS) is 17.4. The van der Waals surface area contributed by atoms with Gasteiger partial charge in [0.25, 0.3) is 0 Å². The van der Waals surface area contributed by atoms with Crippen LogP contribution in [0.5, 0.6) is 0 Å². The second-order valence-electron chi connectivity index (χ2n) is 6.85. The Bertz CT molecular complexity index is 965. The highest BCUT2D eigenvalue weighted by molar-refractivity contribution is 7.16. The van der Waals surface area contributed by atoms with Crippen molar-refractivity contribution in [1.82, 2.24) is 10.3 Å².